The molecule has 1 N–H and O–H groups in total. The lowest BCUT2D eigenvalue weighted by molar-refractivity contribution is 0.0696. The molecule has 0 saturated heterocycles. The molecule has 0 heterocycles. The summed E-state index contributed by atoms with van der Waals surface area (Å²) in [6.07, 6.45) is 0. The summed E-state index contributed by atoms with van der Waals surface area (Å²) in [5.74, 6) is -1.01. The Labute approximate surface area is 81.0 Å². The summed E-state index contributed by atoms with van der Waals surface area (Å²) in [6, 6.07) is 4.79. The number of aromatic carboxylic acids is 1. The highest BCUT2D eigenvalue weighted by atomic mass is 32.1. The van der Waals surface area contributed by atoms with Gasteiger partial charge in [0.2, 0.25) is 0 Å². The van der Waals surface area contributed by atoms with Crippen LogP contribution in [0, 0.1) is 18.3 Å². The zero-order chi connectivity index (χ0) is 10.0. The van der Waals surface area contributed by atoms with Crippen molar-refractivity contribution >= 4 is 18.6 Å². The largest absolute Gasteiger partial charge is 0.478 e. The van der Waals surface area contributed by atoms with Crippen molar-refractivity contribution in [3.8, 4) is 6.07 Å². The first-order chi connectivity index (χ1) is 6.06. The Bertz CT molecular complexity index is 384. The van der Waals surface area contributed by atoms with Crippen LogP contribution in [-0.4, -0.2) is 11.1 Å². The second kappa shape index (κ2) is 3.50. The van der Waals surface area contributed by atoms with Crippen LogP contribution in [0.2, 0.25) is 0 Å². The van der Waals surface area contributed by atoms with Crippen LogP contribution >= 0.6 is 12.6 Å². The number of nitriles is 1. The highest BCUT2D eigenvalue weighted by Crippen LogP contribution is 2.19. The van der Waals surface area contributed by atoms with Gasteiger partial charge in [-0.2, -0.15) is 5.26 Å². The topological polar surface area (TPSA) is 61.1 Å². The number of hydrogen-bond donors (Lipinski definition) is 2. The molecule has 1 aromatic carbocycles. The molecule has 13 heavy (non-hydrogen) atoms. The fourth-order valence-corrected chi connectivity index (χ4v) is 1.40. The van der Waals surface area contributed by atoms with Gasteiger partial charge in [-0.25, -0.2) is 4.79 Å². The summed E-state index contributed by atoms with van der Waals surface area (Å²) in [6.45, 7) is 1.69. The van der Waals surface area contributed by atoms with Crippen molar-refractivity contribution in [2.75, 3.05) is 0 Å². The Morgan fingerprint density at radius 1 is 1.62 bits per heavy atom. The average Bonchev–Trinajstić information content (AvgIpc) is 2.03. The maximum atomic E-state index is 10.6. The molecule has 0 amide bonds. The zero-order valence-electron chi connectivity index (χ0n) is 6.90. The standard InChI is InChI=1S/C9H7NO2S/c1-5-2-6(9(11)12)3-8(13)7(5)4-10/h2-3,13H,1H3,(H,11,12). The zero-order valence-corrected chi connectivity index (χ0v) is 7.80. The molecule has 0 aliphatic heterocycles. The number of carbonyl (C=O) groups is 1. The van der Waals surface area contributed by atoms with E-state index in [0.29, 0.717) is 16.0 Å². The fraction of sp³-hybridized carbons (Fsp3) is 0.111. The molecule has 66 valence electrons. The predicted molar refractivity (Wildman–Crippen MR) is 50.1 cm³/mol. The van der Waals surface area contributed by atoms with Crippen LogP contribution in [0.15, 0.2) is 17.0 Å². The first-order valence-electron chi connectivity index (χ1n) is 3.53. The lowest BCUT2D eigenvalue weighted by atomic mass is 10.1. The van der Waals surface area contributed by atoms with Gasteiger partial charge in [0, 0.05) is 4.90 Å². The summed E-state index contributed by atoms with van der Waals surface area (Å²) >= 11 is 4.03. The molecule has 3 nitrogen and oxygen atoms in total. The Morgan fingerprint density at radius 2 is 2.23 bits per heavy atom. The molecule has 1 rings (SSSR count). The van der Waals surface area contributed by atoms with Crippen molar-refractivity contribution in [1.82, 2.24) is 0 Å². The molecule has 0 fully saturated rings. The molecule has 4 heteroatoms. The number of benzene rings is 1. The van der Waals surface area contributed by atoms with Gasteiger partial charge in [0.05, 0.1) is 11.1 Å². The third-order valence-electron chi connectivity index (χ3n) is 1.67. The molecule has 0 aromatic heterocycles. The van der Waals surface area contributed by atoms with Crippen LogP contribution in [0.5, 0.6) is 0 Å². The number of aryl methyl sites for hydroxylation is 1. The molecule has 0 radical (unpaired) electrons. The van der Waals surface area contributed by atoms with E-state index in [9.17, 15) is 4.79 Å². The maximum absolute atomic E-state index is 10.6. The Balaban J connectivity index is 3.39. The minimum Gasteiger partial charge on any atom is -0.478 e. The van der Waals surface area contributed by atoms with E-state index in [1.54, 1.807) is 6.92 Å². The monoisotopic (exact) mass is 193 g/mol. The number of hydrogen-bond acceptors (Lipinski definition) is 3. The number of nitrogens with zero attached hydrogens (tertiary/aromatic N) is 1. The molecule has 0 aliphatic carbocycles. The lowest BCUT2D eigenvalue weighted by Crippen LogP contribution is -1.98. The summed E-state index contributed by atoms with van der Waals surface area (Å²) in [4.78, 5) is 11.0. The smallest absolute Gasteiger partial charge is 0.335 e. The first kappa shape index (κ1) is 9.62. The predicted octanol–water partition coefficient (Wildman–Crippen LogP) is 1.85. The molecule has 0 unspecified atom stereocenters. The van der Waals surface area contributed by atoms with Crippen LogP contribution in [-0.2, 0) is 0 Å². The van der Waals surface area contributed by atoms with E-state index in [1.807, 2.05) is 6.07 Å². The van der Waals surface area contributed by atoms with E-state index in [1.165, 1.54) is 12.1 Å². The van der Waals surface area contributed by atoms with Crippen LogP contribution in [0.3, 0.4) is 0 Å². The van der Waals surface area contributed by atoms with Crippen LogP contribution < -0.4 is 0 Å². The Hall–Kier alpha value is -1.47. The SMILES string of the molecule is Cc1cc(C(=O)O)cc(S)c1C#N. The minimum absolute atomic E-state index is 0.154. The summed E-state index contributed by atoms with van der Waals surface area (Å²) in [5.41, 5.74) is 1.21. The Morgan fingerprint density at radius 3 is 2.62 bits per heavy atom. The molecule has 0 aliphatic rings. The number of carboxylic acids is 1. The third kappa shape index (κ3) is 1.82. The van der Waals surface area contributed by atoms with Crippen molar-refractivity contribution in [2.24, 2.45) is 0 Å². The van der Waals surface area contributed by atoms with Gasteiger partial charge in [0.15, 0.2) is 0 Å². The normalized spacial score (nSPS) is 9.31. The van der Waals surface area contributed by atoms with Gasteiger partial charge in [0.1, 0.15) is 6.07 Å². The van der Waals surface area contributed by atoms with Gasteiger partial charge in [0.25, 0.3) is 0 Å². The summed E-state index contributed by atoms with van der Waals surface area (Å²) < 4.78 is 0. The molecular formula is C9H7NO2S. The first-order valence-corrected chi connectivity index (χ1v) is 3.98. The van der Waals surface area contributed by atoms with E-state index < -0.39 is 5.97 Å². The highest BCUT2D eigenvalue weighted by Gasteiger charge is 2.08. The highest BCUT2D eigenvalue weighted by molar-refractivity contribution is 7.80. The van der Waals surface area contributed by atoms with Crippen molar-refractivity contribution in [3.63, 3.8) is 0 Å². The molecule has 0 bridgehead atoms. The minimum atomic E-state index is -1.01. The van der Waals surface area contributed by atoms with Crippen molar-refractivity contribution in [2.45, 2.75) is 11.8 Å². The van der Waals surface area contributed by atoms with E-state index in [2.05, 4.69) is 12.6 Å². The van der Waals surface area contributed by atoms with Gasteiger partial charge in [-0.3, -0.25) is 0 Å². The summed E-state index contributed by atoms with van der Waals surface area (Å²) in [5, 5.41) is 17.4. The summed E-state index contributed by atoms with van der Waals surface area (Å²) in [7, 11) is 0. The fourth-order valence-electron chi connectivity index (χ4n) is 1.04. The quantitative estimate of drug-likeness (QED) is 0.669. The van der Waals surface area contributed by atoms with Crippen molar-refractivity contribution in [1.29, 1.82) is 5.26 Å². The molecule has 0 atom stereocenters. The van der Waals surface area contributed by atoms with E-state index >= 15 is 0 Å². The second-order valence-electron chi connectivity index (χ2n) is 2.60. The van der Waals surface area contributed by atoms with Crippen LogP contribution in [0.4, 0.5) is 0 Å². The van der Waals surface area contributed by atoms with Crippen LogP contribution in [0.1, 0.15) is 21.5 Å². The number of thiol groups is 1. The van der Waals surface area contributed by atoms with Crippen LogP contribution in [0.25, 0.3) is 0 Å². The van der Waals surface area contributed by atoms with Gasteiger partial charge in [-0.05, 0) is 24.6 Å². The van der Waals surface area contributed by atoms with E-state index in [-0.39, 0.29) is 5.56 Å². The van der Waals surface area contributed by atoms with Gasteiger partial charge in [-0.1, -0.05) is 0 Å². The molecular weight excluding hydrogens is 186 g/mol. The number of carboxylic acid groups (broad SMARTS) is 1. The second-order valence-corrected chi connectivity index (χ2v) is 3.09. The average molecular weight is 193 g/mol. The third-order valence-corrected chi connectivity index (χ3v) is 2.03. The Kier molecular flexibility index (Phi) is 2.59. The maximum Gasteiger partial charge on any atom is 0.335 e. The van der Waals surface area contributed by atoms with Gasteiger partial charge in [-0.15, -0.1) is 12.6 Å². The molecule has 0 saturated carbocycles. The number of rotatable bonds is 1. The van der Waals surface area contributed by atoms with E-state index in [4.69, 9.17) is 10.4 Å². The van der Waals surface area contributed by atoms with Gasteiger partial charge >= 0.3 is 5.97 Å². The van der Waals surface area contributed by atoms with Crippen molar-refractivity contribution in [3.05, 3.63) is 28.8 Å². The van der Waals surface area contributed by atoms with Gasteiger partial charge < -0.3 is 5.11 Å². The van der Waals surface area contributed by atoms with E-state index in [0.717, 1.165) is 0 Å². The lowest BCUT2D eigenvalue weighted by Gasteiger charge is -2.02. The molecule has 1 aromatic rings. The van der Waals surface area contributed by atoms with Crippen molar-refractivity contribution < 1.29 is 9.90 Å². The molecule has 0 spiro atoms.